The van der Waals surface area contributed by atoms with Gasteiger partial charge in [-0.3, -0.25) is 4.79 Å². The summed E-state index contributed by atoms with van der Waals surface area (Å²) in [6.07, 6.45) is 4.01. The fourth-order valence-corrected chi connectivity index (χ4v) is 2.56. The Hall–Kier alpha value is -2.50. The highest BCUT2D eigenvalue weighted by Gasteiger charge is 2.15. The van der Waals surface area contributed by atoms with Gasteiger partial charge in [-0.05, 0) is 43.5 Å². The number of aromatic nitrogens is 2. The van der Waals surface area contributed by atoms with E-state index in [0.717, 1.165) is 31.6 Å². The van der Waals surface area contributed by atoms with Crippen LogP contribution in [0, 0.1) is 12.7 Å². The van der Waals surface area contributed by atoms with E-state index in [-0.39, 0.29) is 18.3 Å². The predicted molar refractivity (Wildman–Crippen MR) is 85.8 cm³/mol. The highest BCUT2D eigenvalue weighted by atomic mass is 19.1. The number of rotatable bonds is 4. The number of hydrogen-bond donors (Lipinski definition) is 1. The minimum atomic E-state index is -0.379. The molecule has 23 heavy (non-hydrogen) atoms. The second kappa shape index (κ2) is 6.73. The van der Waals surface area contributed by atoms with Crippen LogP contribution in [-0.2, 0) is 6.54 Å². The second-order valence-corrected chi connectivity index (χ2v) is 5.69. The van der Waals surface area contributed by atoms with Crippen molar-refractivity contribution in [2.24, 2.45) is 0 Å². The van der Waals surface area contributed by atoms with Gasteiger partial charge in [0, 0.05) is 24.8 Å². The lowest BCUT2D eigenvalue weighted by molar-refractivity contribution is 0.0950. The molecule has 1 fully saturated rings. The van der Waals surface area contributed by atoms with Gasteiger partial charge in [-0.25, -0.2) is 14.4 Å². The second-order valence-electron chi connectivity index (χ2n) is 5.69. The Morgan fingerprint density at radius 3 is 2.83 bits per heavy atom. The van der Waals surface area contributed by atoms with Crippen molar-refractivity contribution in [2.75, 3.05) is 18.0 Å². The molecular formula is C17H19FN4O. The number of nitrogens with one attached hydrogen (secondary N) is 1. The van der Waals surface area contributed by atoms with Crippen LogP contribution in [0.5, 0.6) is 0 Å². The third-order valence-electron chi connectivity index (χ3n) is 3.95. The summed E-state index contributed by atoms with van der Waals surface area (Å²) in [7, 11) is 0. The van der Waals surface area contributed by atoms with Gasteiger partial charge in [0.2, 0.25) is 5.95 Å². The highest BCUT2D eigenvalue weighted by molar-refractivity contribution is 5.94. The monoisotopic (exact) mass is 314 g/mol. The van der Waals surface area contributed by atoms with Gasteiger partial charge >= 0.3 is 0 Å². The normalized spacial score (nSPS) is 14.1. The number of hydrogen-bond acceptors (Lipinski definition) is 4. The number of carbonyl (C=O) groups excluding carboxylic acids is 1. The van der Waals surface area contributed by atoms with E-state index in [1.165, 1.54) is 6.07 Å². The molecule has 2 heterocycles. The highest BCUT2D eigenvalue weighted by Crippen LogP contribution is 2.15. The molecule has 5 nitrogen and oxygen atoms in total. The van der Waals surface area contributed by atoms with Gasteiger partial charge in [0.1, 0.15) is 5.82 Å². The molecule has 3 rings (SSSR count). The van der Waals surface area contributed by atoms with Crippen molar-refractivity contribution in [3.8, 4) is 0 Å². The Bertz CT molecular complexity index is 713. The maximum absolute atomic E-state index is 13.5. The SMILES string of the molecule is Cc1ccc(C(=O)NCc2ccnc(N3CCCC3)n2)cc1F. The van der Waals surface area contributed by atoms with Gasteiger partial charge in [-0.1, -0.05) is 6.07 Å². The molecule has 1 aromatic carbocycles. The molecule has 0 spiro atoms. The van der Waals surface area contributed by atoms with E-state index in [0.29, 0.717) is 17.1 Å². The van der Waals surface area contributed by atoms with Crippen LogP contribution in [0.2, 0.25) is 0 Å². The van der Waals surface area contributed by atoms with Crippen molar-refractivity contribution in [2.45, 2.75) is 26.3 Å². The summed E-state index contributed by atoms with van der Waals surface area (Å²) < 4.78 is 13.5. The van der Waals surface area contributed by atoms with Crippen LogP contribution in [0.3, 0.4) is 0 Å². The molecule has 1 aromatic heterocycles. The number of aryl methyl sites for hydroxylation is 1. The number of halogens is 1. The number of nitrogens with zero attached hydrogens (tertiary/aromatic N) is 3. The number of amides is 1. The molecule has 1 N–H and O–H groups in total. The van der Waals surface area contributed by atoms with E-state index in [4.69, 9.17) is 0 Å². The Labute approximate surface area is 134 Å². The van der Waals surface area contributed by atoms with Gasteiger partial charge in [0.05, 0.1) is 12.2 Å². The zero-order chi connectivity index (χ0) is 16.2. The molecule has 0 saturated carbocycles. The van der Waals surface area contributed by atoms with E-state index in [2.05, 4.69) is 20.2 Å². The largest absolute Gasteiger partial charge is 0.346 e. The first-order valence-electron chi connectivity index (χ1n) is 7.75. The van der Waals surface area contributed by atoms with Crippen molar-refractivity contribution in [1.82, 2.24) is 15.3 Å². The molecule has 1 amide bonds. The van der Waals surface area contributed by atoms with E-state index in [9.17, 15) is 9.18 Å². The molecule has 0 radical (unpaired) electrons. The van der Waals surface area contributed by atoms with Crippen LogP contribution in [0.15, 0.2) is 30.5 Å². The summed E-state index contributed by atoms with van der Waals surface area (Å²) in [5.74, 6) is 0.0110. The summed E-state index contributed by atoms with van der Waals surface area (Å²) in [6, 6.07) is 6.24. The third kappa shape index (κ3) is 3.64. The molecule has 6 heteroatoms. The quantitative estimate of drug-likeness (QED) is 0.942. The summed E-state index contributed by atoms with van der Waals surface area (Å²) in [5.41, 5.74) is 1.57. The molecule has 0 aliphatic carbocycles. The fraction of sp³-hybridized carbons (Fsp3) is 0.353. The lowest BCUT2D eigenvalue weighted by Crippen LogP contribution is -2.25. The topological polar surface area (TPSA) is 58.1 Å². The van der Waals surface area contributed by atoms with Crippen LogP contribution in [0.25, 0.3) is 0 Å². The Morgan fingerprint density at radius 1 is 1.30 bits per heavy atom. The van der Waals surface area contributed by atoms with E-state index in [1.54, 1.807) is 31.3 Å². The smallest absolute Gasteiger partial charge is 0.251 e. The molecule has 0 bridgehead atoms. The molecule has 2 aromatic rings. The number of benzene rings is 1. The van der Waals surface area contributed by atoms with Crippen LogP contribution >= 0.6 is 0 Å². The van der Waals surface area contributed by atoms with Crippen molar-refractivity contribution < 1.29 is 9.18 Å². The maximum Gasteiger partial charge on any atom is 0.251 e. The van der Waals surface area contributed by atoms with Crippen molar-refractivity contribution >= 4 is 11.9 Å². The van der Waals surface area contributed by atoms with Gasteiger partial charge in [0.25, 0.3) is 5.91 Å². The molecular weight excluding hydrogens is 295 g/mol. The maximum atomic E-state index is 13.5. The van der Waals surface area contributed by atoms with Gasteiger partial charge in [-0.2, -0.15) is 0 Å². The Morgan fingerprint density at radius 2 is 2.09 bits per heavy atom. The minimum absolute atomic E-state index is 0.289. The van der Waals surface area contributed by atoms with Crippen LogP contribution in [0.4, 0.5) is 10.3 Å². The summed E-state index contributed by atoms with van der Waals surface area (Å²) in [4.78, 5) is 23.0. The van der Waals surface area contributed by atoms with Gasteiger partial charge < -0.3 is 10.2 Å². The van der Waals surface area contributed by atoms with Crippen LogP contribution < -0.4 is 10.2 Å². The predicted octanol–water partition coefficient (Wildman–Crippen LogP) is 2.45. The van der Waals surface area contributed by atoms with Crippen LogP contribution in [-0.4, -0.2) is 29.0 Å². The summed E-state index contributed by atoms with van der Waals surface area (Å²) in [5, 5.41) is 2.77. The summed E-state index contributed by atoms with van der Waals surface area (Å²) >= 11 is 0. The van der Waals surface area contributed by atoms with Gasteiger partial charge in [-0.15, -0.1) is 0 Å². The lowest BCUT2D eigenvalue weighted by atomic mass is 10.1. The molecule has 1 aliphatic rings. The molecule has 1 aliphatic heterocycles. The van der Waals surface area contributed by atoms with Crippen molar-refractivity contribution in [3.63, 3.8) is 0 Å². The average Bonchev–Trinajstić information content (AvgIpc) is 3.10. The standard InChI is InChI=1S/C17H19FN4O/c1-12-4-5-13(10-15(12)18)16(23)20-11-14-6-7-19-17(21-14)22-8-2-3-9-22/h4-7,10H,2-3,8-9,11H2,1H3,(H,20,23). The van der Waals surface area contributed by atoms with E-state index in [1.807, 2.05) is 0 Å². The first-order chi connectivity index (χ1) is 11.1. The zero-order valence-corrected chi connectivity index (χ0v) is 13.1. The first-order valence-corrected chi connectivity index (χ1v) is 7.75. The molecule has 1 saturated heterocycles. The number of carbonyl (C=O) groups is 1. The Kier molecular flexibility index (Phi) is 4.50. The van der Waals surface area contributed by atoms with Crippen LogP contribution in [0.1, 0.15) is 34.5 Å². The van der Waals surface area contributed by atoms with E-state index < -0.39 is 0 Å². The average molecular weight is 314 g/mol. The fourth-order valence-electron chi connectivity index (χ4n) is 2.56. The lowest BCUT2D eigenvalue weighted by Gasteiger charge is -2.15. The zero-order valence-electron chi connectivity index (χ0n) is 13.1. The molecule has 0 unspecified atom stereocenters. The van der Waals surface area contributed by atoms with E-state index >= 15 is 0 Å². The molecule has 0 atom stereocenters. The minimum Gasteiger partial charge on any atom is -0.346 e. The van der Waals surface area contributed by atoms with Crippen molar-refractivity contribution in [3.05, 3.63) is 53.1 Å². The van der Waals surface area contributed by atoms with Gasteiger partial charge in [0.15, 0.2) is 0 Å². The van der Waals surface area contributed by atoms with Crippen molar-refractivity contribution in [1.29, 1.82) is 0 Å². The Balaban J connectivity index is 1.64. The number of anilines is 1. The molecule has 120 valence electrons. The first kappa shape index (κ1) is 15.4. The summed E-state index contributed by atoms with van der Waals surface area (Å²) in [6.45, 7) is 3.90. The third-order valence-corrected chi connectivity index (χ3v) is 3.95.